The van der Waals surface area contributed by atoms with Gasteiger partial charge >= 0.3 is 0 Å². The van der Waals surface area contributed by atoms with E-state index in [1.54, 1.807) is 12.1 Å². The van der Waals surface area contributed by atoms with E-state index >= 15 is 0 Å². The molecule has 1 aliphatic carbocycles. The number of nitrogens with one attached hydrogen (secondary N) is 1. The third-order valence-electron chi connectivity index (χ3n) is 4.20. The van der Waals surface area contributed by atoms with Crippen LogP contribution in [0.2, 0.25) is 0 Å². The summed E-state index contributed by atoms with van der Waals surface area (Å²) in [4.78, 5) is 0.226. The molecule has 0 radical (unpaired) electrons. The second-order valence-electron chi connectivity index (χ2n) is 5.77. The molecule has 0 aliphatic heterocycles. The van der Waals surface area contributed by atoms with Crippen molar-refractivity contribution < 1.29 is 8.42 Å². The molecule has 0 amide bonds. The zero-order valence-electron chi connectivity index (χ0n) is 11.8. The van der Waals surface area contributed by atoms with Gasteiger partial charge < -0.3 is 5.73 Å². The molecule has 3 N–H and O–H groups in total. The van der Waals surface area contributed by atoms with Crippen molar-refractivity contribution in [2.24, 2.45) is 11.8 Å². The lowest BCUT2D eigenvalue weighted by Gasteiger charge is -2.32. The lowest BCUT2D eigenvalue weighted by atomic mass is 9.79. The predicted molar refractivity (Wildman–Crippen MR) is 84.8 cm³/mol. The summed E-state index contributed by atoms with van der Waals surface area (Å²) in [5, 5.41) is 0. The van der Waals surface area contributed by atoms with Crippen molar-refractivity contribution in [2.45, 2.75) is 44.0 Å². The van der Waals surface area contributed by atoms with Crippen LogP contribution in [0, 0.1) is 11.8 Å². The molecule has 1 aromatic rings. The molecule has 3 unspecified atom stereocenters. The second-order valence-corrected chi connectivity index (χ2v) is 8.34. The Bertz CT molecular complexity index is 589. The number of rotatable bonds is 3. The third kappa shape index (κ3) is 3.54. The highest BCUT2D eigenvalue weighted by Gasteiger charge is 2.28. The zero-order chi connectivity index (χ0) is 14.9. The molecule has 20 heavy (non-hydrogen) atoms. The van der Waals surface area contributed by atoms with Crippen LogP contribution in [0.1, 0.15) is 33.1 Å². The first-order valence-corrected chi connectivity index (χ1v) is 9.14. The average Bonchev–Trinajstić information content (AvgIpc) is 2.37. The lowest BCUT2D eigenvalue weighted by Crippen LogP contribution is -2.39. The Morgan fingerprint density at radius 1 is 1.25 bits per heavy atom. The van der Waals surface area contributed by atoms with Gasteiger partial charge in [0.05, 0.1) is 4.90 Å². The summed E-state index contributed by atoms with van der Waals surface area (Å²) in [7, 11) is -3.49. The summed E-state index contributed by atoms with van der Waals surface area (Å²) in [6, 6.07) is 4.74. The molecule has 4 nitrogen and oxygen atoms in total. The summed E-state index contributed by atoms with van der Waals surface area (Å²) in [5.74, 6) is 1.21. The smallest absolute Gasteiger partial charge is 0.240 e. The molecular weight excluding hydrogens is 340 g/mol. The monoisotopic (exact) mass is 360 g/mol. The maximum atomic E-state index is 12.4. The van der Waals surface area contributed by atoms with Crippen LogP contribution in [0.15, 0.2) is 27.6 Å². The third-order valence-corrected chi connectivity index (χ3v) is 6.44. The van der Waals surface area contributed by atoms with Crippen molar-refractivity contribution in [1.82, 2.24) is 4.72 Å². The van der Waals surface area contributed by atoms with Gasteiger partial charge in [-0.1, -0.05) is 13.8 Å². The molecule has 0 saturated heterocycles. The van der Waals surface area contributed by atoms with Gasteiger partial charge in [-0.05, 0) is 65.2 Å². The van der Waals surface area contributed by atoms with Crippen molar-refractivity contribution in [3.63, 3.8) is 0 Å². The SMILES string of the molecule is CC1CCC(NS(=O)(=O)c2ccc(Br)c(N)c2)CC1C. The molecule has 0 spiro atoms. The van der Waals surface area contributed by atoms with E-state index in [2.05, 4.69) is 34.5 Å². The van der Waals surface area contributed by atoms with Gasteiger partial charge in [0, 0.05) is 16.2 Å². The van der Waals surface area contributed by atoms with Gasteiger partial charge in [-0.25, -0.2) is 13.1 Å². The van der Waals surface area contributed by atoms with Crippen LogP contribution in [0.25, 0.3) is 0 Å². The summed E-state index contributed by atoms with van der Waals surface area (Å²) in [6.07, 6.45) is 2.86. The standard InChI is InChI=1S/C14H21BrN2O2S/c1-9-3-4-11(7-10(9)2)17-20(18,19)12-5-6-13(15)14(16)8-12/h5-6,8-11,17H,3-4,7,16H2,1-2H3. The molecule has 112 valence electrons. The predicted octanol–water partition coefficient (Wildman–Crippen LogP) is 3.13. The first-order valence-electron chi connectivity index (χ1n) is 6.87. The van der Waals surface area contributed by atoms with E-state index < -0.39 is 10.0 Å². The zero-order valence-corrected chi connectivity index (χ0v) is 14.2. The van der Waals surface area contributed by atoms with Crippen LogP contribution in [0.5, 0.6) is 0 Å². The van der Waals surface area contributed by atoms with Gasteiger partial charge in [0.25, 0.3) is 0 Å². The summed E-state index contributed by atoms with van der Waals surface area (Å²) in [5.41, 5.74) is 6.18. The van der Waals surface area contributed by atoms with Gasteiger partial charge in [0.1, 0.15) is 0 Å². The van der Waals surface area contributed by atoms with E-state index in [0.717, 1.165) is 19.3 Å². The minimum absolute atomic E-state index is 0.0241. The normalized spacial score (nSPS) is 27.4. The van der Waals surface area contributed by atoms with Crippen molar-refractivity contribution in [2.75, 3.05) is 5.73 Å². The molecule has 2 rings (SSSR count). The van der Waals surface area contributed by atoms with Crippen molar-refractivity contribution >= 4 is 31.6 Å². The van der Waals surface area contributed by atoms with E-state index in [1.165, 1.54) is 6.07 Å². The molecule has 0 bridgehead atoms. The maximum Gasteiger partial charge on any atom is 0.240 e. The largest absolute Gasteiger partial charge is 0.398 e. The fraction of sp³-hybridized carbons (Fsp3) is 0.571. The summed E-state index contributed by atoms with van der Waals surface area (Å²) in [6.45, 7) is 4.41. The highest BCUT2D eigenvalue weighted by Crippen LogP contribution is 2.30. The molecule has 1 saturated carbocycles. The van der Waals surface area contributed by atoms with E-state index in [-0.39, 0.29) is 10.9 Å². The van der Waals surface area contributed by atoms with E-state index in [4.69, 9.17) is 5.73 Å². The molecule has 1 aliphatic rings. The number of hydrogen-bond acceptors (Lipinski definition) is 3. The Morgan fingerprint density at radius 2 is 1.95 bits per heavy atom. The number of nitrogens with two attached hydrogens (primary N) is 1. The molecule has 6 heteroatoms. The van der Waals surface area contributed by atoms with Gasteiger partial charge in [0.2, 0.25) is 10.0 Å². The lowest BCUT2D eigenvalue weighted by molar-refractivity contribution is 0.242. The van der Waals surface area contributed by atoms with E-state index in [0.29, 0.717) is 22.0 Å². The van der Waals surface area contributed by atoms with Crippen LogP contribution in [-0.4, -0.2) is 14.5 Å². The Hall–Kier alpha value is -0.590. The number of hydrogen-bond donors (Lipinski definition) is 2. The fourth-order valence-corrected chi connectivity index (χ4v) is 4.20. The first-order chi connectivity index (χ1) is 9.29. The molecule has 1 fully saturated rings. The Morgan fingerprint density at radius 3 is 2.55 bits per heavy atom. The topological polar surface area (TPSA) is 72.2 Å². The fourth-order valence-electron chi connectivity index (χ4n) is 2.63. The summed E-state index contributed by atoms with van der Waals surface area (Å²) < 4.78 is 28.3. The maximum absolute atomic E-state index is 12.4. The van der Waals surface area contributed by atoms with Crippen LogP contribution >= 0.6 is 15.9 Å². The van der Waals surface area contributed by atoms with Crippen molar-refractivity contribution in [1.29, 1.82) is 0 Å². The van der Waals surface area contributed by atoms with Crippen LogP contribution < -0.4 is 10.5 Å². The Labute approximate surface area is 129 Å². The number of halogens is 1. The highest BCUT2D eigenvalue weighted by molar-refractivity contribution is 9.10. The number of sulfonamides is 1. The van der Waals surface area contributed by atoms with Gasteiger partial charge in [-0.2, -0.15) is 0 Å². The van der Waals surface area contributed by atoms with Crippen LogP contribution in [0.4, 0.5) is 5.69 Å². The molecule has 0 heterocycles. The first kappa shape index (κ1) is 15.8. The Balaban J connectivity index is 2.13. The molecule has 1 aromatic carbocycles. The van der Waals surface area contributed by atoms with Gasteiger partial charge in [-0.3, -0.25) is 0 Å². The minimum Gasteiger partial charge on any atom is -0.398 e. The average molecular weight is 361 g/mol. The molecule has 0 aromatic heterocycles. The number of anilines is 1. The quantitative estimate of drug-likeness (QED) is 0.813. The molecular formula is C14H21BrN2O2S. The Kier molecular flexibility index (Phi) is 4.76. The highest BCUT2D eigenvalue weighted by atomic mass is 79.9. The summed E-state index contributed by atoms with van der Waals surface area (Å²) >= 11 is 3.27. The van der Waals surface area contributed by atoms with E-state index in [9.17, 15) is 8.42 Å². The van der Waals surface area contributed by atoms with Gasteiger partial charge in [-0.15, -0.1) is 0 Å². The minimum atomic E-state index is -3.49. The van der Waals surface area contributed by atoms with E-state index in [1.807, 2.05) is 0 Å². The van der Waals surface area contributed by atoms with Crippen LogP contribution in [0.3, 0.4) is 0 Å². The molecule has 3 atom stereocenters. The van der Waals surface area contributed by atoms with Crippen molar-refractivity contribution in [3.8, 4) is 0 Å². The number of nitrogen functional groups attached to an aromatic ring is 1. The van der Waals surface area contributed by atoms with Crippen LogP contribution in [-0.2, 0) is 10.0 Å². The van der Waals surface area contributed by atoms with Crippen molar-refractivity contribution in [3.05, 3.63) is 22.7 Å². The number of benzene rings is 1. The van der Waals surface area contributed by atoms with Gasteiger partial charge in [0.15, 0.2) is 0 Å². The second kappa shape index (κ2) is 6.03.